The lowest BCUT2D eigenvalue weighted by molar-refractivity contribution is 0.0718. The third-order valence-corrected chi connectivity index (χ3v) is 7.61. The highest BCUT2D eigenvalue weighted by Gasteiger charge is 2.42. The highest BCUT2D eigenvalue weighted by atomic mass is 16.5. The third kappa shape index (κ3) is 4.37. The van der Waals surface area contributed by atoms with Crippen molar-refractivity contribution in [3.63, 3.8) is 0 Å². The SMILES string of the molecule is COc1ccc(C2NNCC2CNCC2(N3CCCCC3)Cc3ccccc3C2)cc1. The second-order valence-electron chi connectivity index (χ2n) is 9.56. The molecule has 0 bridgehead atoms. The molecule has 5 rings (SSSR count). The molecule has 2 heterocycles. The number of piperidine rings is 1. The zero-order chi connectivity index (χ0) is 21.1. The Balaban J connectivity index is 1.25. The van der Waals surface area contributed by atoms with Crippen LogP contribution in [-0.2, 0) is 12.8 Å². The van der Waals surface area contributed by atoms with Crippen molar-refractivity contribution in [2.75, 3.05) is 39.8 Å². The summed E-state index contributed by atoms with van der Waals surface area (Å²) >= 11 is 0. The summed E-state index contributed by atoms with van der Waals surface area (Å²) in [5, 5.41) is 3.92. The van der Waals surface area contributed by atoms with Crippen LogP contribution in [0.1, 0.15) is 42.0 Å². The lowest BCUT2D eigenvalue weighted by Gasteiger charge is -2.44. The normalized spacial score (nSPS) is 25.5. The zero-order valence-electron chi connectivity index (χ0n) is 18.7. The van der Waals surface area contributed by atoms with Crippen LogP contribution >= 0.6 is 0 Å². The topological polar surface area (TPSA) is 48.6 Å². The van der Waals surface area contributed by atoms with E-state index in [0.29, 0.717) is 12.0 Å². The molecule has 0 aromatic heterocycles. The van der Waals surface area contributed by atoms with Gasteiger partial charge in [0.1, 0.15) is 5.75 Å². The molecular formula is C26H36N4O. The number of hydrazine groups is 1. The van der Waals surface area contributed by atoms with Gasteiger partial charge in [0.15, 0.2) is 0 Å². The molecular weight excluding hydrogens is 384 g/mol. The van der Waals surface area contributed by atoms with Gasteiger partial charge in [-0.1, -0.05) is 42.8 Å². The first-order valence-corrected chi connectivity index (χ1v) is 11.9. The number of rotatable bonds is 7. The van der Waals surface area contributed by atoms with Crippen molar-refractivity contribution >= 4 is 0 Å². The van der Waals surface area contributed by atoms with Crippen LogP contribution in [0.15, 0.2) is 48.5 Å². The Kier molecular flexibility index (Phi) is 6.28. The third-order valence-electron chi connectivity index (χ3n) is 7.61. The molecule has 5 nitrogen and oxygen atoms in total. The van der Waals surface area contributed by atoms with Crippen molar-refractivity contribution in [2.24, 2.45) is 5.92 Å². The van der Waals surface area contributed by atoms with Crippen LogP contribution in [0.3, 0.4) is 0 Å². The van der Waals surface area contributed by atoms with E-state index in [-0.39, 0.29) is 5.54 Å². The first-order valence-electron chi connectivity index (χ1n) is 11.9. The molecule has 1 aliphatic carbocycles. The van der Waals surface area contributed by atoms with E-state index in [1.54, 1.807) is 18.2 Å². The maximum absolute atomic E-state index is 5.32. The molecule has 2 atom stereocenters. The van der Waals surface area contributed by atoms with Gasteiger partial charge in [-0.15, -0.1) is 0 Å². The summed E-state index contributed by atoms with van der Waals surface area (Å²) in [5.74, 6) is 1.43. The van der Waals surface area contributed by atoms with Crippen molar-refractivity contribution in [2.45, 2.75) is 43.7 Å². The zero-order valence-corrected chi connectivity index (χ0v) is 18.7. The molecule has 3 N–H and O–H groups in total. The molecule has 0 saturated carbocycles. The number of benzene rings is 2. The number of nitrogens with zero attached hydrogens (tertiary/aromatic N) is 1. The second kappa shape index (κ2) is 9.29. The van der Waals surface area contributed by atoms with E-state index in [1.807, 2.05) is 0 Å². The van der Waals surface area contributed by atoms with Crippen LogP contribution in [0.5, 0.6) is 5.75 Å². The molecule has 0 radical (unpaired) electrons. The molecule has 3 aliphatic rings. The number of likely N-dealkylation sites (tertiary alicyclic amines) is 1. The molecule has 0 amide bonds. The first-order chi connectivity index (χ1) is 15.3. The Morgan fingerprint density at radius 2 is 1.71 bits per heavy atom. The Bertz CT molecular complexity index is 837. The van der Waals surface area contributed by atoms with E-state index in [0.717, 1.165) is 25.4 Å². The van der Waals surface area contributed by atoms with E-state index in [1.165, 1.54) is 50.8 Å². The number of methoxy groups -OCH3 is 1. The van der Waals surface area contributed by atoms with Gasteiger partial charge >= 0.3 is 0 Å². The summed E-state index contributed by atoms with van der Waals surface area (Å²) in [7, 11) is 1.72. The lowest BCUT2D eigenvalue weighted by atomic mass is 9.89. The van der Waals surface area contributed by atoms with E-state index in [9.17, 15) is 0 Å². The van der Waals surface area contributed by atoms with Gasteiger partial charge in [-0.2, -0.15) is 0 Å². The summed E-state index contributed by atoms with van der Waals surface area (Å²) in [6.45, 7) is 5.56. The number of hydrogen-bond acceptors (Lipinski definition) is 5. The summed E-state index contributed by atoms with van der Waals surface area (Å²) in [5.41, 5.74) is 11.5. The molecule has 166 valence electrons. The van der Waals surface area contributed by atoms with Gasteiger partial charge in [0, 0.05) is 31.1 Å². The number of nitrogens with one attached hydrogen (secondary N) is 3. The predicted octanol–water partition coefficient (Wildman–Crippen LogP) is 3.07. The average Bonchev–Trinajstić information content (AvgIpc) is 3.45. The van der Waals surface area contributed by atoms with Gasteiger partial charge in [0.05, 0.1) is 13.2 Å². The lowest BCUT2D eigenvalue weighted by Crippen LogP contribution is -2.57. The number of fused-ring (bicyclic) bond motifs is 1. The van der Waals surface area contributed by atoms with Crippen LogP contribution in [0, 0.1) is 5.92 Å². The second-order valence-corrected chi connectivity index (χ2v) is 9.56. The van der Waals surface area contributed by atoms with Crippen molar-refractivity contribution in [1.82, 2.24) is 21.1 Å². The van der Waals surface area contributed by atoms with Crippen LogP contribution in [0.2, 0.25) is 0 Å². The summed E-state index contributed by atoms with van der Waals surface area (Å²) in [6, 6.07) is 17.9. The van der Waals surface area contributed by atoms with Crippen molar-refractivity contribution in [3.8, 4) is 5.75 Å². The highest BCUT2D eigenvalue weighted by molar-refractivity contribution is 5.37. The van der Waals surface area contributed by atoms with Gasteiger partial charge in [-0.25, -0.2) is 5.43 Å². The standard InChI is InChI=1S/C26H36N4O/c1-31-24-11-9-20(10-12-24)25-23(18-28-29-25)17-27-19-26(30-13-5-2-6-14-30)15-21-7-3-4-8-22(21)16-26/h3-4,7-12,23,25,27-29H,2,5-6,13-19H2,1H3. The number of ether oxygens (including phenoxy) is 1. The molecule has 5 heteroatoms. The summed E-state index contributed by atoms with van der Waals surface area (Å²) in [6.07, 6.45) is 6.43. The van der Waals surface area contributed by atoms with Gasteiger partial charge in [-0.05, 0) is 67.6 Å². The molecule has 2 unspecified atom stereocenters. The molecule has 0 spiro atoms. The van der Waals surface area contributed by atoms with Crippen LogP contribution in [0.25, 0.3) is 0 Å². The highest BCUT2D eigenvalue weighted by Crippen LogP contribution is 2.36. The summed E-state index contributed by atoms with van der Waals surface area (Å²) in [4.78, 5) is 2.80. The predicted molar refractivity (Wildman–Crippen MR) is 125 cm³/mol. The Morgan fingerprint density at radius 3 is 2.39 bits per heavy atom. The van der Waals surface area contributed by atoms with Gasteiger partial charge in [0.25, 0.3) is 0 Å². The van der Waals surface area contributed by atoms with Crippen LogP contribution < -0.4 is 20.9 Å². The van der Waals surface area contributed by atoms with E-state index in [2.05, 4.69) is 69.6 Å². The fourth-order valence-electron chi connectivity index (χ4n) is 5.89. The fourth-order valence-corrected chi connectivity index (χ4v) is 5.89. The minimum Gasteiger partial charge on any atom is -0.497 e. The van der Waals surface area contributed by atoms with E-state index in [4.69, 9.17) is 4.74 Å². The molecule has 2 fully saturated rings. The van der Waals surface area contributed by atoms with Crippen molar-refractivity contribution < 1.29 is 4.74 Å². The van der Waals surface area contributed by atoms with Crippen LogP contribution in [0.4, 0.5) is 0 Å². The van der Waals surface area contributed by atoms with Crippen molar-refractivity contribution in [1.29, 1.82) is 0 Å². The molecule has 2 aromatic rings. The number of hydrogen-bond donors (Lipinski definition) is 3. The quantitative estimate of drug-likeness (QED) is 0.643. The Morgan fingerprint density at radius 1 is 1.00 bits per heavy atom. The maximum atomic E-state index is 5.32. The monoisotopic (exact) mass is 420 g/mol. The van der Waals surface area contributed by atoms with Gasteiger partial charge < -0.3 is 10.1 Å². The van der Waals surface area contributed by atoms with Crippen molar-refractivity contribution in [3.05, 3.63) is 65.2 Å². The Labute approximate surface area is 186 Å². The minimum atomic E-state index is 0.235. The van der Waals surface area contributed by atoms with Gasteiger partial charge in [-0.3, -0.25) is 10.3 Å². The van der Waals surface area contributed by atoms with E-state index >= 15 is 0 Å². The molecule has 2 saturated heterocycles. The van der Waals surface area contributed by atoms with Gasteiger partial charge in [0.2, 0.25) is 0 Å². The van der Waals surface area contributed by atoms with E-state index < -0.39 is 0 Å². The molecule has 2 aliphatic heterocycles. The maximum Gasteiger partial charge on any atom is 0.118 e. The summed E-state index contributed by atoms with van der Waals surface area (Å²) < 4.78 is 5.32. The Hall–Kier alpha value is -1.92. The van der Waals surface area contributed by atoms with Crippen LogP contribution in [-0.4, -0.2) is 50.3 Å². The average molecular weight is 421 g/mol. The first kappa shape index (κ1) is 21.0. The largest absolute Gasteiger partial charge is 0.497 e. The molecule has 31 heavy (non-hydrogen) atoms. The fraction of sp³-hybridized carbons (Fsp3) is 0.538. The minimum absolute atomic E-state index is 0.235. The molecule has 2 aromatic carbocycles. The smallest absolute Gasteiger partial charge is 0.118 e.